The van der Waals surface area contributed by atoms with E-state index in [2.05, 4.69) is 5.32 Å². The number of benzene rings is 1. The Morgan fingerprint density at radius 2 is 1.72 bits per heavy atom. The number of fused-ring (bicyclic) bond motifs is 2. The Morgan fingerprint density at radius 1 is 1.07 bits per heavy atom. The van der Waals surface area contributed by atoms with E-state index in [1.54, 1.807) is 12.1 Å². The zero-order chi connectivity index (χ0) is 20.6. The molecule has 1 aromatic rings. The van der Waals surface area contributed by atoms with Gasteiger partial charge >= 0.3 is 5.97 Å². The van der Waals surface area contributed by atoms with E-state index in [9.17, 15) is 23.1 Å². The van der Waals surface area contributed by atoms with Crippen LogP contribution in [0.15, 0.2) is 41.3 Å². The zero-order valence-corrected chi connectivity index (χ0v) is 16.7. The Hall–Kier alpha value is -2.23. The predicted molar refractivity (Wildman–Crippen MR) is 105 cm³/mol. The third kappa shape index (κ3) is 3.82. The SMILES string of the molecule is O=C(O)[C@@H]1[C@@H](C(=O)Nc2cccc(S(=O)(=O)N3CCOCC3)c2)[C@H]2C=C[C@@H]1CC2. The second-order valence-corrected chi connectivity index (χ2v) is 9.65. The van der Waals surface area contributed by atoms with Gasteiger partial charge in [0, 0.05) is 18.8 Å². The lowest BCUT2D eigenvalue weighted by atomic mass is 9.62. The van der Waals surface area contributed by atoms with Crippen LogP contribution in [0.5, 0.6) is 0 Å². The van der Waals surface area contributed by atoms with Crippen LogP contribution in [-0.2, 0) is 24.3 Å². The Labute approximate surface area is 169 Å². The van der Waals surface area contributed by atoms with Gasteiger partial charge in [0.2, 0.25) is 15.9 Å². The molecule has 3 aliphatic carbocycles. The van der Waals surface area contributed by atoms with Crippen molar-refractivity contribution in [2.75, 3.05) is 31.6 Å². The van der Waals surface area contributed by atoms with Gasteiger partial charge in [-0.15, -0.1) is 0 Å². The summed E-state index contributed by atoms with van der Waals surface area (Å²) in [5.74, 6) is -3.00. The Kier molecular flexibility index (Phi) is 5.46. The molecule has 0 unspecified atom stereocenters. The minimum absolute atomic E-state index is 0.0945. The van der Waals surface area contributed by atoms with Crippen molar-refractivity contribution < 1.29 is 27.9 Å². The molecule has 1 heterocycles. The number of hydrogen-bond donors (Lipinski definition) is 2. The number of carboxylic acids is 1. The number of nitrogens with zero attached hydrogens (tertiary/aromatic N) is 1. The smallest absolute Gasteiger partial charge is 0.307 e. The first-order valence-electron chi connectivity index (χ1n) is 9.78. The van der Waals surface area contributed by atoms with Gasteiger partial charge in [0.05, 0.1) is 29.9 Å². The summed E-state index contributed by atoms with van der Waals surface area (Å²) < 4.78 is 32.3. The Balaban J connectivity index is 1.54. The highest BCUT2D eigenvalue weighted by molar-refractivity contribution is 7.89. The highest BCUT2D eigenvalue weighted by Crippen LogP contribution is 2.45. The van der Waals surface area contributed by atoms with Gasteiger partial charge in [-0.1, -0.05) is 18.2 Å². The van der Waals surface area contributed by atoms with Crippen molar-refractivity contribution in [1.29, 1.82) is 0 Å². The molecular weight excluding hydrogens is 396 g/mol. The molecule has 1 saturated carbocycles. The number of sulfonamides is 1. The van der Waals surface area contributed by atoms with Gasteiger partial charge in [-0.2, -0.15) is 4.31 Å². The summed E-state index contributed by atoms with van der Waals surface area (Å²) in [4.78, 5) is 24.8. The topological polar surface area (TPSA) is 113 Å². The van der Waals surface area contributed by atoms with Crippen LogP contribution in [0.1, 0.15) is 12.8 Å². The van der Waals surface area contributed by atoms with Crippen LogP contribution in [0.3, 0.4) is 0 Å². The third-order valence-corrected chi connectivity index (χ3v) is 7.94. The maximum Gasteiger partial charge on any atom is 0.307 e. The molecule has 1 aromatic carbocycles. The van der Waals surface area contributed by atoms with Crippen LogP contribution in [0, 0.1) is 23.7 Å². The van der Waals surface area contributed by atoms with Crippen molar-refractivity contribution in [2.24, 2.45) is 23.7 Å². The normalized spacial score (nSPS) is 29.5. The number of carbonyl (C=O) groups is 2. The number of rotatable bonds is 5. The van der Waals surface area contributed by atoms with E-state index in [1.807, 2.05) is 12.2 Å². The van der Waals surface area contributed by atoms with Crippen molar-refractivity contribution in [3.63, 3.8) is 0 Å². The number of carboxylic acid groups (broad SMARTS) is 1. The number of ether oxygens (including phenoxy) is 1. The number of morpholine rings is 1. The van der Waals surface area contributed by atoms with Gasteiger partial charge in [0.1, 0.15) is 0 Å². The van der Waals surface area contributed by atoms with Crippen LogP contribution in [0.4, 0.5) is 5.69 Å². The zero-order valence-electron chi connectivity index (χ0n) is 15.9. The number of nitrogens with one attached hydrogen (secondary N) is 1. The van der Waals surface area contributed by atoms with Crippen molar-refractivity contribution in [2.45, 2.75) is 17.7 Å². The molecular formula is C20H24N2O6S. The Morgan fingerprint density at radius 3 is 2.34 bits per heavy atom. The van der Waals surface area contributed by atoms with E-state index in [1.165, 1.54) is 16.4 Å². The summed E-state index contributed by atoms with van der Waals surface area (Å²) in [6.45, 7) is 1.28. The van der Waals surface area contributed by atoms with Gasteiger partial charge in [-0.05, 0) is 42.9 Å². The average molecular weight is 420 g/mol. The predicted octanol–water partition coefficient (Wildman–Crippen LogP) is 1.56. The van der Waals surface area contributed by atoms with Crippen LogP contribution >= 0.6 is 0 Å². The molecule has 29 heavy (non-hydrogen) atoms. The van der Waals surface area contributed by atoms with E-state index < -0.39 is 27.8 Å². The lowest BCUT2D eigenvalue weighted by Gasteiger charge is -2.41. The van der Waals surface area contributed by atoms with Gasteiger partial charge in [-0.25, -0.2) is 8.42 Å². The van der Waals surface area contributed by atoms with Crippen molar-refractivity contribution in [1.82, 2.24) is 4.31 Å². The molecule has 4 aliphatic rings. The molecule has 1 saturated heterocycles. The first kappa shape index (κ1) is 20.1. The molecule has 156 valence electrons. The van der Waals surface area contributed by atoms with Crippen LogP contribution in [0.25, 0.3) is 0 Å². The quantitative estimate of drug-likeness (QED) is 0.699. The van der Waals surface area contributed by atoms with Gasteiger partial charge in [0.15, 0.2) is 0 Å². The molecule has 2 fully saturated rings. The van der Waals surface area contributed by atoms with Gasteiger partial charge < -0.3 is 15.2 Å². The first-order valence-corrected chi connectivity index (χ1v) is 11.2. The Bertz CT molecular complexity index is 938. The van der Waals surface area contributed by atoms with Gasteiger partial charge in [-0.3, -0.25) is 9.59 Å². The number of allylic oxidation sites excluding steroid dienone is 2. The van der Waals surface area contributed by atoms with Crippen molar-refractivity contribution in [3.8, 4) is 0 Å². The number of aliphatic carboxylic acids is 1. The first-order chi connectivity index (χ1) is 13.9. The maximum absolute atomic E-state index is 13.0. The van der Waals surface area contributed by atoms with E-state index >= 15 is 0 Å². The fourth-order valence-electron chi connectivity index (χ4n) is 4.58. The third-order valence-electron chi connectivity index (χ3n) is 6.05. The molecule has 5 rings (SSSR count). The molecule has 0 spiro atoms. The monoisotopic (exact) mass is 420 g/mol. The molecule has 8 nitrogen and oxygen atoms in total. The van der Waals surface area contributed by atoms with Crippen LogP contribution in [-0.4, -0.2) is 56.0 Å². The number of hydrogen-bond acceptors (Lipinski definition) is 5. The van der Waals surface area contributed by atoms with Crippen LogP contribution < -0.4 is 5.32 Å². The molecule has 9 heteroatoms. The maximum atomic E-state index is 13.0. The highest BCUT2D eigenvalue weighted by Gasteiger charge is 2.48. The summed E-state index contributed by atoms with van der Waals surface area (Å²) in [6, 6.07) is 6.11. The van der Waals surface area contributed by atoms with E-state index in [-0.39, 0.29) is 35.7 Å². The lowest BCUT2D eigenvalue weighted by Crippen LogP contribution is -2.47. The molecule has 0 aromatic heterocycles. The van der Waals surface area contributed by atoms with Gasteiger partial charge in [0.25, 0.3) is 0 Å². The number of anilines is 1. The number of amides is 1. The molecule has 0 radical (unpaired) electrons. The minimum atomic E-state index is -3.68. The summed E-state index contributed by atoms with van der Waals surface area (Å²) in [5, 5.41) is 12.4. The fraction of sp³-hybridized carbons (Fsp3) is 0.500. The summed E-state index contributed by atoms with van der Waals surface area (Å²) >= 11 is 0. The molecule has 2 bridgehead atoms. The minimum Gasteiger partial charge on any atom is -0.481 e. The van der Waals surface area contributed by atoms with E-state index in [4.69, 9.17) is 4.74 Å². The molecule has 4 atom stereocenters. The fourth-order valence-corrected chi connectivity index (χ4v) is 6.04. The number of carbonyl (C=O) groups excluding carboxylic acids is 1. The van der Waals surface area contributed by atoms with Crippen molar-refractivity contribution >= 4 is 27.6 Å². The second-order valence-electron chi connectivity index (χ2n) is 7.71. The average Bonchev–Trinajstić information content (AvgIpc) is 2.74. The highest BCUT2D eigenvalue weighted by atomic mass is 32.2. The summed E-state index contributed by atoms with van der Waals surface area (Å²) in [6.07, 6.45) is 5.41. The van der Waals surface area contributed by atoms with E-state index in [0.29, 0.717) is 18.9 Å². The standard InChI is InChI=1S/C20H24N2O6S/c23-19(17-13-4-6-14(7-5-13)18(17)20(24)25)21-15-2-1-3-16(12-15)29(26,27)22-8-10-28-11-9-22/h1-4,6,12-14,17-18H,5,7-11H2,(H,21,23)(H,24,25)/t13-,14+,17-,18-/m0/s1. The lowest BCUT2D eigenvalue weighted by molar-refractivity contribution is -0.151. The largest absolute Gasteiger partial charge is 0.481 e. The van der Waals surface area contributed by atoms with Crippen LogP contribution in [0.2, 0.25) is 0 Å². The summed E-state index contributed by atoms with van der Waals surface area (Å²) in [5.41, 5.74) is 0.346. The molecule has 2 N–H and O–H groups in total. The molecule has 1 aliphatic heterocycles. The summed E-state index contributed by atoms with van der Waals surface area (Å²) in [7, 11) is -3.68. The van der Waals surface area contributed by atoms with Crippen molar-refractivity contribution in [3.05, 3.63) is 36.4 Å². The molecule has 1 amide bonds. The second kappa shape index (κ2) is 7.89. The van der Waals surface area contributed by atoms with E-state index in [0.717, 1.165) is 12.8 Å².